The number of rotatable bonds is 4. The first-order valence-electron chi connectivity index (χ1n) is 5.70. The van der Waals surface area contributed by atoms with Crippen LogP contribution in [0.3, 0.4) is 0 Å². The van der Waals surface area contributed by atoms with Crippen molar-refractivity contribution < 1.29 is 9.53 Å². The van der Waals surface area contributed by atoms with Crippen molar-refractivity contribution in [2.24, 2.45) is 0 Å². The van der Waals surface area contributed by atoms with Gasteiger partial charge in [0.05, 0.1) is 23.7 Å². The van der Waals surface area contributed by atoms with Crippen molar-refractivity contribution in [1.82, 2.24) is 9.88 Å². The van der Waals surface area contributed by atoms with Gasteiger partial charge in [0.25, 0.3) is 5.91 Å². The molecule has 0 unspecified atom stereocenters. The molecule has 106 valence electrons. The van der Waals surface area contributed by atoms with Crippen molar-refractivity contribution in [2.75, 3.05) is 14.2 Å². The molecule has 0 N–H and O–H groups in total. The van der Waals surface area contributed by atoms with Gasteiger partial charge in [-0.15, -0.1) is 11.3 Å². The monoisotopic (exact) mass is 330 g/mol. The highest BCUT2D eigenvalue weighted by atomic mass is 35.5. The minimum atomic E-state index is -0.260. The Kier molecular flexibility index (Phi) is 4.86. The zero-order valence-electron chi connectivity index (χ0n) is 10.9. The Morgan fingerprint density at radius 2 is 2.10 bits per heavy atom. The zero-order valence-corrected chi connectivity index (χ0v) is 13.2. The van der Waals surface area contributed by atoms with E-state index in [1.54, 1.807) is 25.4 Å². The van der Waals surface area contributed by atoms with E-state index >= 15 is 0 Å². The summed E-state index contributed by atoms with van der Waals surface area (Å²) >= 11 is 13.6. The molecule has 0 aliphatic heterocycles. The molecule has 1 aromatic heterocycles. The third-order valence-electron chi connectivity index (χ3n) is 2.68. The fraction of sp³-hybridized carbons (Fsp3) is 0.231. The van der Waals surface area contributed by atoms with Crippen molar-refractivity contribution in [1.29, 1.82) is 0 Å². The van der Waals surface area contributed by atoms with E-state index in [2.05, 4.69) is 4.98 Å². The maximum atomic E-state index is 12.5. The van der Waals surface area contributed by atoms with Crippen LogP contribution < -0.4 is 4.74 Å². The van der Waals surface area contributed by atoms with Gasteiger partial charge in [-0.3, -0.25) is 4.79 Å². The molecule has 1 amide bonds. The normalized spacial score (nSPS) is 10.4. The van der Waals surface area contributed by atoms with Crippen LogP contribution in [0, 0.1) is 0 Å². The Hall–Kier alpha value is -1.30. The molecular weight excluding hydrogens is 319 g/mol. The van der Waals surface area contributed by atoms with Gasteiger partial charge < -0.3 is 9.64 Å². The SMILES string of the molecule is COc1c(Cl)ccc(Cl)c1C(=O)N(C)Cc1nccs1. The molecule has 2 aromatic rings. The van der Waals surface area contributed by atoms with Gasteiger partial charge in [-0.2, -0.15) is 0 Å². The van der Waals surface area contributed by atoms with Gasteiger partial charge in [0.15, 0.2) is 5.75 Å². The Bertz CT molecular complexity index is 617. The molecule has 4 nitrogen and oxygen atoms in total. The van der Waals surface area contributed by atoms with Crippen molar-refractivity contribution >= 4 is 40.4 Å². The summed E-state index contributed by atoms with van der Waals surface area (Å²) in [7, 11) is 3.13. The Balaban J connectivity index is 2.31. The predicted octanol–water partition coefficient (Wildman–Crippen LogP) is 3.73. The van der Waals surface area contributed by atoms with Gasteiger partial charge in [0.1, 0.15) is 10.6 Å². The highest BCUT2D eigenvalue weighted by molar-refractivity contribution is 7.09. The molecule has 0 aliphatic rings. The largest absolute Gasteiger partial charge is 0.494 e. The van der Waals surface area contributed by atoms with Crippen LogP contribution in [0.2, 0.25) is 10.0 Å². The standard InChI is InChI=1S/C13H12Cl2N2O2S/c1-17(7-10-16-5-6-20-10)13(18)11-8(14)3-4-9(15)12(11)19-2/h3-6H,7H2,1-2H3. The number of hydrogen-bond acceptors (Lipinski definition) is 4. The van der Waals surface area contributed by atoms with Crippen molar-refractivity contribution in [3.8, 4) is 5.75 Å². The minimum Gasteiger partial charge on any atom is -0.494 e. The summed E-state index contributed by atoms with van der Waals surface area (Å²) in [6.07, 6.45) is 1.70. The van der Waals surface area contributed by atoms with E-state index < -0.39 is 0 Å². The molecule has 0 atom stereocenters. The second-order valence-electron chi connectivity index (χ2n) is 4.02. The van der Waals surface area contributed by atoms with Crippen LogP contribution in [-0.4, -0.2) is 29.9 Å². The summed E-state index contributed by atoms with van der Waals surface area (Å²) in [5.74, 6) is 0.0275. The molecule has 1 aromatic carbocycles. The Labute approximate surface area is 130 Å². The average Bonchev–Trinajstić information content (AvgIpc) is 2.93. The van der Waals surface area contributed by atoms with E-state index in [0.717, 1.165) is 5.01 Å². The number of thiazole rings is 1. The number of halogens is 2. The molecule has 20 heavy (non-hydrogen) atoms. The number of amides is 1. The van der Waals surface area contributed by atoms with Gasteiger partial charge in [0, 0.05) is 18.6 Å². The van der Waals surface area contributed by atoms with E-state index in [1.807, 2.05) is 5.38 Å². The van der Waals surface area contributed by atoms with Crippen LogP contribution in [0.1, 0.15) is 15.4 Å². The Morgan fingerprint density at radius 3 is 2.70 bits per heavy atom. The topological polar surface area (TPSA) is 42.4 Å². The van der Waals surface area contributed by atoms with Gasteiger partial charge in [-0.1, -0.05) is 23.2 Å². The fourth-order valence-electron chi connectivity index (χ4n) is 1.73. The lowest BCUT2D eigenvalue weighted by Crippen LogP contribution is -2.27. The first-order chi connectivity index (χ1) is 9.54. The second-order valence-corrected chi connectivity index (χ2v) is 5.82. The van der Waals surface area contributed by atoms with Crippen molar-refractivity contribution in [2.45, 2.75) is 6.54 Å². The van der Waals surface area contributed by atoms with Crippen molar-refractivity contribution in [3.63, 3.8) is 0 Å². The molecule has 7 heteroatoms. The number of ether oxygens (including phenoxy) is 1. The molecule has 0 saturated heterocycles. The molecule has 0 radical (unpaired) electrons. The first kappa shape index (κ1) is 15.1. The highest BCUT2D eigenvalue weighted by Crippen LogP contribution is 2.34. The van der Waals surface area contributed by atoms with E-state index in [1.165, 1.54) is 23.3 Å². The third kappa shape index (κ3) is 3.06. The second kappa shape index (κ2) is 6.43. The van der Waals surface area contributed by atoms with Crippen LogP contribution in [0.15, 0.2) is 23.7 Å². The molecular formula is C13H12Cl2N2O2S. The van der Waals surface area contributed by atoms with Crippen molar-refractivity contribution in [3.05, 3.63) is 44.3 Å². The molecule has 2 rings (SSSR count). The maximum absolute atomic E-state index is 12.5. The third-order valence-corrected chi connectivity index (χ3v) is 4.06. The van der Waals surface area contributed by atoms with Gasteiger partial charge in [-0.05, 0) is 12.1 Å². The smallest absolute Gasteiger partial charge is 0.259 e. The van der Waals surface area contributed by atoms with E-state index in [4.69, 9.17) is 27.9 Å². The van der Waals surface area contributed by atoms with E-state index in [0.29, 0.717) is 16.6 Å². The summed E-state index contributed by atoms with van der Waals surface area (Å²) < 4.78 is 5.19. The van der Waals surface area contributed by atoms with Gasteiger partial charge in [0.2, 0.25) is 0 Å². The van der Waals surface area contributed by atoms with Crippen LogP contribution >= 0.6 is 34.5 Å². The zero-order chi connectivity index (χ0) is 14.7. The molecule has 1 heterocycles. The molecule has 0 fully saturated rings. The molecule has 0 aliphatic carbocycles. The maximum Gasteiger partial charge on any atom is 0.259 e. The number of carbonyl (C=O) groups is 1. The highest BCUT2D eigenvalue weighted by Gasteiger charge is 2.22. The number of benzene rings is 1. The fourth-order valence-corrected chi connectivity index (χ4v) is 2.86. The summed E-state index contributed by atoms with van der Waals surface area (Å²) in [5.41, 5.74) is 0.265. The first-order valence-corrected chi connectivity index (χ1v) is 7.34. The summed E-state index contributed by atoms with van der Waals surface area (Å²) in [6.45, 7) is 0.405. The lowest BCUT2D eigenvalue weighted by atomic mass is 10.1. The summed E-state index contributed by atoms with van der Waals surface area (Å²) in [5, 5.41) is 3.36. The summed E-state index contributed by atoms with van der Waals surface area (Å²) in [6, 6.07) is 3.18. The number of nitrogens with zero attached hydrogens (tertiary/aromatic N) is 2. The van der Waals surface area contributed by atoms with Crippen LogP contribution in [0.25, 0.3) is 0 Å². The van der Waals surface area contributed by atoms with Crippen LogP contribution in [0.4, 0.5) is 0 Å². The van der Waals surface area contributed by atoms with Crippen LogP contribution in [0.5, 0.6) is 5.75 Å². The lowest BCUT2D eigenvalue weighted by Gasteiger charge is -2.19. The number of methoxy groups -OCH3 is 1. The average molecular weight is 331 g/mol. The Morgan fingerprint density at radius 1 is 1.40 bits per heavy atom. The van der Waals surface area contributed by atoms with Gasteiger partial charge >= 0.3 is 0 Å². The van der Waals surface area contributed by atoms with E-state index in [-0.39, 0.29) is 17.2 Å². The predicted molar refractivity (Wildman–Crippen MR) is 80.9 cm³/mol. The molecule has 0 saturated carbocycles. The number of aromatic nitrogens is 1. The number of hydrogen-bond donors (Lipinski definition) is 0. The lowest BCUT2D eigenvalue weighted by molar-refractivity contribution is 0.0782. The minimum absolute atomic E-state index is 0.260. The molecule has 0 bridgehead atoms. The number of carbonyl (C=O) groups excluding carboxylic acids is 1. The van der Waals surface area contributed by atoms with Gasteiger partial charge in [-0.25, -0.2) is 4.98 Å². The van der Waals surface area contributed by atoms with E-state index in [9.17, 15) is 4.79 Å². The quantitative estimate of drug-likeness (QED) is 0.857. The van der Waals surface area contributed by atoms with Crippen LogP contribution in [-0.2, 0) is 6.54 Å². The summed E-state index contributed by atoms with van der Waals surface area (Å²) in [4.78, 5) is 18.2. The molecule has 0 spiro atoms.